The van der Waals surface area contributed by atoms with Gasteiger partial charge in [0.2, 0.25) is 5.24 Å². The Morgan fingerprint density at radius 3 is 2.31 bits per heavy atom. The van der Waals surface area contributed by atoms with E-state index in [9.17, 15) is 9.59 Å². The maximum atomic E-state index is 10.7. The van der Waals surface area contributed by atoms with Crippen molar-refractivity contribution in [1.29, 1.82) is 0 Å². The molecule has 4 heteroatoms. The summed E-state index contributed by atoms with van der Waals surface area (Å²) in [7, 11) is 0. The molecule has 1 saturated heterocycles. The summed E-state index contributed by atoms with van der Waals surface area (Å²) in [5.74, 6) is 0.872. The molecule has 1 rings (SSSR count). The summed E-state index contributed by atoms with van der Waals surface area (Å²) in [5.41, 5.74) is 0. The molecule has 1 aliphatic heterocycles. The van der Waals surface area contributed by atoms with Gasteiger partial charge in [-0.15, -0.1) is 0 Å². The number of hydrogen-bond acceptors (Lipinski definition) is 3. The maximum Gasteiger partial charge on any atom is 0.321 e. The number of carbonyl (C=O) groups is 2. The molecule has 0 unspecified atom stereocenters. The van der Waals surface area contributed by atoms with Crippen molar-refractivity contribution in [3.63, 3.8) is 0 Å². The van der Waals surface area contributed by atoms with Gasteiger partial charge in [0.15, 0.2) is 0 Å². The van der Waals surface area contributed by atoms with Crippen LogP contribution in [-0.4, -0.2) is 11.2 Å². The Kier molecular flexibility index (Phi) is 7.90. The molecule has 1 atom stereocenters. The lowest BCUT2D eigenvalue weighted by Crippen LogP contribution is -2.31. The van der Waals surface area contributed by atoms with Gasteiger partial charge in [-0.25, -0.2) is 0 Å². The van der Waals surface area contributed by atoms with Crippen LogP contribution in [0.5, 0.6) is 0 Å². The monoisotopic (exact) mass is 246 g/mol. The summed E-state index contributed by atoms with van der Waals surface area (Å²) in [5, 5.41) is -0.238. The quantitative estimate of drug-likeness (QED) is 0.564. The van der Waals surface area contributed by atoms with Crippen LogP contribution in [-0.2, 0) is 14.3 Å². The van der Waals surface area contributed by atoms with Gasteiger partial charge in [0.25, 0.3) is 0 Å². The SMILES string of the molecule is CC/C=C1\OC(=O)[C@H]1CC.CCCC(=O)Cl. The van der Waals surface area contributed by atoms with Crippen LogP contribution in [0.15, 0.2) is 11.8 Å². The fourth-order valence-corrected chi connectivity index (χ4v) is 1.45. The second kappa shape index (κ2) is 8.34. The average Bonchev–Trinajstić information content (AvgIpc) is 2.18. The number of allylic oxidation sites excluding steroid dienone is 1. The highest BCUT2D eigenvalue weighted by atomic mass is 35.5. The van der Waals surface area contributed by atoms with Crippen LogP contribution >= 0.6 is 11.6 Å². The number of carbonyl (C=O) groups excluding carboxylic acids is 2. The number of ether oxygens (including phenoxy) is 1. The highest BCUT2D eigenvalue weighted by molar-refractivity contribution is 6.63. The van der Waals surface area contributed by atoms with Crippen molar-refractivity contribution in [1.82, 2.24) is 0 Å². The van der Waals surface area contributed by atoms with Gasteiger partial charge >= 0.3 is 5.97 Å². The summed E-state index contributed by atoms with van der Waals surface area (Å²) < 4.78 is 4.81. The summed E-state index contributed by atoms with van der Waals surface area (Å²) in [4.78, 5) is 20.5. The van der Waals surface area contributed by atoms with Gasteiger partial charge in [-0.1, -0.05) is 20.8 Å². The molecule has 0 N–H and O–H groups in total. The van der Waals surface area contributed by atoms with Gasteiger partial charge in [-0.2, -0.15) is 0 Å². The van der Waals surface area contributed by atoms with E-state index in [0.29, 0.717) is 6.42 Å². The number of cyclic esters (lactones) is 1. The van der Waals surface area contributed by atoms with Crippen LogP contribution < -0.4 is 0 Å². The smallest absolute Gasteiger partial charge is 0.321 e. The fourth-order valence-electron chi connectivity index (χ4n) is 1.27. The molecule has 1 heterocycles. The third-order valence-electron chi connectivity index (χ3n) is 2.11. The molecule has 0 radical (unpaired) electrons. The van der Waals surface area contributed by atoms with Crippen LogP contribution in [0, 0.1) is 5.92 Å². The summed E-state index contributed by atoms with van der Waals surface area (Å²) in [6, 6.07) is 0. The van der Waals surface area contributed by atoms with Gasteiger partial charge in [-0.3, -0.25) is 9.59 Å². The van der Waals surface area contributed by atoms with E-state index in [4.69, 9.17) is 16.3 Å². The van der Waals surface area contributed by atoms with Crippen molar-refractivity contribution in [2.45, 2.75) is 46.5 Å². The predicted octanol–water partition coefficient (Wildman–Crippen LogP) is 3.42. The number of rotatable bonds is 4. The fraction of sp³-hybridized carbons (Fsp3) is 0.667. The largest absolute Gasteiger partial charge is 0.430 e. The van der Waals surface area contributed by atoms with E-state index in [-0.39, 0.29) is 17.1 Å². The van der Waals surface area contributed by atoms with Crippen molar-refractivity contribution in [2.75, 3.05) is 0 Å². The van der Waals surface area contributed by atoms with Crippen LogP contribution in [0.2, 0.25) is 0 Å². The van der Waals surface area contributed by atoms with E-state index in [1.54, 1.807) is 0 Å². The maximum absolute atomic E-state index is 10.7. The second-order valence-electron chi connectivity index (χ2n) is 3.50. The molecule has 3 nitrogen and oxygen atoms in total. The van der Waals surface area contributed by atoms with Crippen molar-refractivity contribution in [3.05, 3.63) is 11.8 Å². The minimum Gasteiger partial charge on any atom is -0.430 e. The molecule has 0 bridgehead atoms. The summed E-state index contributed by atoms with van der Waals surface area (Å²) in [6.45, 7) is 5.95. The van der Waals surface area contributed by atoms with Crippen molar-refractivity contribution in [2.24, 2.45) is 5.92 Å². The molecule has 1 fully saturated rings. The van der Waals surface area contributed by atoms with Gasteiger partial charge in [0, 0.05) is 6.42 Å². The van der Waals surface area contributed by atoms with Crippen molar-refractivity contribution >= 4 is 22.8 Å². The van der Waals surface area contributed by atoms with E-state index in [1.165, 1.54) is 0 Å². The Labute approximate surface area is 102 Å². The van der Waals surface area contributed by atoms with Crippen LogP contribution in [0.4, 0.5) is 0 Å². The molecule has 0 spiro atoms. The standard InChI is InChI=1S/C8H12O2.C4H7ClO/c1-3-5-7-6(4-2)8(9)10-7;1-2-3-4(5)6/h5-6H,3-4H2,1-2H3;2-3H2,1H3/b7-5-;/t6-;/m0./s1. The minimum atomic E-state index is -0.238. The first-order valence-corrected chi connectivity index (χ1v) is 6.04. The molecule has 0 aliphatic carbocycles. The zero-order chi connectivity index (χ0) is 12.6. The normalized spacial score (nSPS) is 20.6. The lowest BCUT2D eigenvalue weighted by molar-refractivity contribution is -0.157. The highest BCUT2D eigenvalue weighted by Crippen LogP contribution is 2.29. The summed E-state index contributed by atoms with van der Waals surface area (Å²) in [6.07, 6.45) is 5.13. The lowest BCUT2D eigenvalue weighted by atomic mass is 9.99. The van der Waals surface area contributed by atoms with Gasteiger partial charge in [-0.05, 0) is 36.9 Å². The Morgan fingerprint density at radius 2 is 2.06 bits per heavy atom. The second-order valence-corrected chi connectivity index (χ2v) is 3.92. The molecule has 0 aromatic carbocycles. The third-order valence-corrected chi connectivity index (χ3v) is 2.30. The van der Waals surface area contributed by atoms with Gasteiger partial charge < -0.3 is 4.74 Å². The molecule has 0 amide bonds. The molecule has 0 saturated carbocycles. The highest BCUT2D eigenvalue weighted by Gasteiger charge is 2.34. The Balaban J connectivity index is 0.000000325. The lowest BCUT2D eigenvalue weighted by Gasteiger charge is -2.26. The van der Waals surface area contributed by atoms with Crippen molar-refractivity contribution < 1.29 is 14.3 Å². The zero-order valence-electron chi connectivity index (χ0n) is 10.1. The topological polar surface area (TPSA) is 43.4 Å². The van der Waals surface area contributed by atoms with Gasteiger partial charge in [0.05, 0.1) is 0 Å². The zero-order valence-corrected chi connectivity index (χ0v) is 10.8. The van der Waals surface area contributed by atoms with E-state index < -0.39 is 0 Å². The third kappa shape index (κ3) is 5.31. The molecule has 16 heavy (non-hydrogen) atoms. The Hall–Kier alpha value is -0.830. The van der Waals surface area contributed by atoms with Crippen LogP contribution in [0.3, 0.4) is 0 Å². The number of esters is 1. The summed E-state index contributed by atoms with van der Waals surface area (Å²) >= 11 is 4.94. The minimum absolute atomic E-state index is 0.0674. The van der Waals surface area contributed by atoms with Gasteiger partial charge in [0.1, 0.15) is 11.7 Å². The molecule has 0 aromatic heterocycles. The van der Waals surface area contributed by atoms with E-state index in [2.05, 4.69) is 0 Å². The van der Waals surface area contributed by atoms with E-state index in [1.807, 2.05) is 26.8 Å². The number of halogens is 1. The Morgan fingerprint density at radius 1 is 1.44 bits per heavy atom. The first-order chi connectivity index (χ1) is 7.56. The molecule has 1 aliphatic rings. The molecular weight excluding hydrogens is 228 g/mol. The first kappa shape index (κ1) is 15.2. The molecular formula is C12H19ClO3. The first-order valence-electron chi connectivity index (χ1n) is 5.66. The van der Waals surface area contributed by atoms with Crippen LogP contribution in [0.25, 0.3) is 0 Å². The Bertz CT molecular complexity index is 271. The predicted molar refractivity (Wildman–Crippen MR) is 64.0 cm³/mol. The molecule has 0 aromatic rings. The molecule has 92 valence electrons. The van der Waals surface area contributed by atoms with Crippen molar-refractivity contribution in [3.8, 4) is 0 Å². The average molecular weight is 247 g/mol. The van der Waals surface area contributed by atoms with Crippen LogP contribution in [0.1, 0.15) is 46.5 Å². The van der Waals surface area contributed by atoms with E-state index in [0.717, 1.165) is 25.0 Å². The van der Waals surface area contributed by atoms with E-state index >= 15 is 0 Å². The number of hydrogen-bond donors (Lipinski definition) is 0.